The molecule has 0 nitrogen and oxygen atoms in total. The van der Waals surface area contributed by atoms with Crippen LogP contribution < -0.4 is 0 Å². The van der Waals surface area contributed by atoms with Gasteiger partial charge in [0, 0.05) is 0 Å². The molecule has 0 bridgehead atoms. The maximum absolute atomic E-state index is 2.32. The van der Waals surface area contributed by atoms with Crippen LogP contribution in [0.3, 0.4) is 0 Å². The van der Waals surface area contributed by atoms with Gasteiger partial charge in [-0.05, 0) is 30.6 Å². The highest BCUT2D eigenvalue weighted by molar-refractivity contribution is 4.85. The molecule has 0 N–H and O–H groups in total. The fraction of sp³-hybridized carbons (Fsp3) is 1.00. The van der Waals surface area contributed by atoms with Gasteiger partial charge in [-0.2, -0.15) is 0 Å². The van der Waals surface area contributed by atoms with Crippen molar-refractivity contribution in [1.82, 2.24) is 0 Å². The Morgan fingerprint density at radius 1 is 1.33 bits per heavy atom. The smallest absolute Gasteiger partial charge is 0.0381 e. The molecule has 0 radical (unpaired) electrons. The molecule has 0 unspecified atom stereocenters. The van der Waals surface area contributed by atoms with Gasteiger partial charge >= 0.3 is 0 Å². The summed E-state index contributed by atoms with van der Waals surface area (Å²) < 4.78 is 0. The minimum atomic E-state index is 0.923. The Balaban J connectivity index is 2.05. The zero-order chi connectivity index (χ0) is 6.85. The van der Waals surface area contributed by atoms with Crippen molar-refractivity contribution in [1.29, 1.82) is 0 Å². The van der Waals surface area contributed by atoms with E-state index in [9.17, 15) is 0 Å². The molecule has 1 saturated carbocycles. The van der Waals surface area contributed by atoms with E-state index < -0.39 is 0 Å². The van der Waals surface area contributed by atoms with Crippen molar-refractivity contribution in [3.05, 3.63) is 0 Å². The maximum Gasteiger partial charge on any atom is -0.0381 e. The van der Waals surface area contributed by atoms with Gasteiger partial charge in [-0.15, -0.1) is 0 Å². The third-order valence-electron chi connectivity index (χ3n) is 2.37. The summed E-state index contributed by atoms with van der Waals surface area (Å²) in [6, 6.07) is 0. The zero-order valence-electron chi connectivity index (χ0n) is 6.85. The van der Waals surface area contributed by atoms with E-state index in [-0.39, 0.29) is 0 Å². The minimum absolute atomic E-state index is 0.923. The van der Waals surface area contributed by atoms with Crippen LogP contribution in [0.5, 0.6) is 0 Å². The van der Waals surface area contributed by atoms with E-state index >= 15 is 0 Å². The Morgan fingerprint density at radius 2 is 2.00 bits per heavy atom. The molecule has 1 aliphatic rings. The van der Waals surface area contributed by atoms with Crippen molar-refractivity contribution in [2.45, 2.75) is 40.0 Å². The molecule has 0 aromatic rings. The van der Waals surface area contributed by atoms with Gasteiger partial charge in [-0.1, -0.05) is 27.2 Å². The fourth-order valence-electron chi connectivity index (χ4n) is 1.70. The second-order valence-electron chi connectivity index (χ2n) is 3.79. The lowest BCUT2D eigenvalue weighted by molar-refractivity contribution is 0.508. The quantitative estimate of drug-likeness (QED) is 0.545. The summed E-state index contributed by atoms with van der Waals surface area (Å²) in [5.74, 6) is 3.13. The van der Waals surface area contributed by atoms with Gasteiger partial charge in [-0.25, -0.2) is 0 Å². The van der Waals surface area contributed by atoms with Crippen LogP contribution in [0, 0.1) is 17.8 Å². The Labute approximate surface area is 58.7 Å². The summed E-state index contributed by atoms with van der Waals surface area (Å²) in [4.78, 5) is 0. The molecule has 0 amide bonds. The van der Waals surface area contributed by atoms with Gasteiger partial charge in [0.05, 0.1) is 0 Å². The zero-order valence-corrected chi connectivity index (χ0v) is 6.85. The third-order valence-corrected chi connectivity index (χ3v) is 2.37. The van der Waals surface area contributed by atoms with Gasteiger partial charge in [0.1, 0.15) is 0 Å². The van der Waals surface area contributed by atoms with Crippen LogP contribution in [-0.2, 0) is 0 Å². The van der Waals surface area contributed by atoms with Gasteiger partial charge < -0.3 is 0 Å². The molecule has 0 heteroatoms. The lowest BCUT2D eigenvalue weighted by Gasteiger charge is -2.00. The van der Waals surface area contributed by atoms with Crippen LogP contribution in [0.4, 0.5) is 0 Å². The first-order valence-electron chi connectivity index (χ1n) is 4.24. The molecule has 54 valence electrons. The van der Waals surface area contributed by atoms with Gasteiger partial charge in [0.2, 0.25) is 0 Å². The Morgan fingerprint density at radius 3 is 2.33 bits per heavy atom. The molecule has 0 aliphatic heterocycles. The number of hydrogen-bond donors (Lipinski definition) is 0. The lowest BCUT2D eigenvalue weighted by Crippen LogP contribution is -1.89. The van der Waals surface area contributed by atoms with Crippen LogP contribution >= 0.6 is 0 Å². The Bertz CT molecular complexity index is 84.0. The van der Waals surface area contributed by atoms with Crippen molar-refractivity contribution in [3.8, 4) is 0 Å². The predicted molar refractivity (Wildman–Crippen MR) is 41.3 cm³/mol. The normalized spacial score (nSPS) is 33.3. The first kappa shape index (κ1) is 7.11. The molecule has 0 aromatic carbocycles. The highest BCUT2D eigenvalue weighted by atomic mass is 14.4. The van der Waals surface area contributed by atoms with Crippen molar-refractivity contribution < 1.29 is 0 Å². The average Bonchev–Trinajstić information content (AvgIpc) is 2.45. The van der Waals surface area contributed by atoms with E-state index in [1.807, 2.05) is 0 Å². The molecule has 0 spiro atoms. The van der Waals surface area contributed by atoms with Gasteiger partial charge in [0.15, 0.2) is 0 Å². The molecular formula is C9H18. The van der Waals surface area contributed by atoms with E-state index in [0.29, 0.717) is 0 Å². The summed E-state index contributed by atoms with van der Waals surface area (Å²) >= 11 is 0. The van der Waals surface area contributed by atoms with Crippen molar-refractivity contribution >= 4 is 0 Å². The Kier molecular flexibility index (Phi) is 2.15. The maximum atomic E-state index is 2.32. The van der Waals surface area contributed by atoms with Crippen LogP contribution in [0.25, 0.3) is 0 Å². The van der Waals surface area contributed by atoms with Crippen LogP contribution in [0.2, 0.25) is 0 Å². The van der Waals surface area contributed by atoms with E-state index in [2.05, 4.69) is 20.8 Å². The molecule has 1 aliphatic carbocycles. The number of rotatable bonds is 3. The van der Waals surface area contributed by atoms with Gasteiger partial charge in [-0.3, -0.25) is 0 Å². The van der Waals surface area contributed by atoms with Gasteiger partial charge in [0.25, 0.3) is 0 Å². The largest absolute Gasteiger partial charge is 0.0651 e. The third kappa shape index (κ3) is 2.00. The van der Waals surface area contributed by atoms with E-state index in [4.69, 9.17) is 0 Å². The summed E-state index contributed by atoms with van der Waals surface area (Å²) in [6.07, 6.45) is 4.41. The predicted octanol–water partition coefficient (Wildman–Crippen LogP) is 3.08. The monoisotopic (exact) mass is 126 g/mol. The minimum Gasteiger partial charge on any atom is -0.0651 e. The summed E-state index contributed by atoms with van der Waals surface area (Å²) in [6.45, 7) is 6.96. The molecule has 1 rings (SSSR count). The second-order valence-corrected chi connectivity index (χ2v) is 3.79. The van der Waals surface area contributed by atoms with Crippen molar-refractivity contribution in [3.63, 3.8) is 0 Å². The SMILES string of the molecule is CC[C@@H]1C[C@H]1CC(C)C. The topological polar surface area (TPSA) is 0 Å². The van der Waals surface area contributed by atoms with Crippen LogP contribution in [-0.4, -0.2) is 0 Å². The molecule has 0 heterocycles. The second kappa shape index (κ2) is 2.72. The molecule has 2 atom stereocenters. The highest BCUT2D eigenvalue weighted by Gasteiger charge is 2.34. The first-order chi connectivity index (χ1) is 4.24. The highest BCUT2D eigenvalue weighted by Crippen LogP contribution is 2.44. The van der Waals surface area contributed by atoms with E-state index in [1.165, 1.54) is 19.3 Å². The molecule has 1 fully saturated rings. The summed E-state index contributed by atoms with van der Waals surface area (Å²) in [5, 5.41) is 0. The van der Waals surface area contributed by atoms with Crippen LogP contribution in [0.15, 0.2) is 0 Å². The average molecular weight is 126 g/mol. The first-order valence-corrected chi connectivity index (χ1v) is 4.24. The standard InChI is InChI=1S/C9H18/c1-4-8-6-9(8)5-7(2)3/h7-9H,4-6H2,1-3H3/t8-,9-/m1/s1. The van der Waals surface area contributed by atoms with Crippen molar-refractivity contribution in [2.24, 2.45) is 17.8 Å². The molecular weight excluding hydrogens is 108 g/mol. The van der Waals surface area contributed by atoms with E-state index in [0.717, 1.165) is 17.8 Å². The number of hydrogen-bond acceptors (Lipinski definition) is 0. The Hall–Kier alpha value is 0. The summed E-state index contributed by atoms with van der Waals surface area (Å²) in [7, 11) is 0. The van der Waals surface area contributed by atoms with E-state index in [1.54, 1.807) is 0 Å². The van der Waals surface area contributed by atoms with Crippen molar-refractivity contribution in [2.75, 3.05) is 0 Å². The fourth-order valence-corrected chi connectivity index (χ4v) is 1.70. The van der Waals surface area contributed by atoms with Crippen LogP contribution in [0.1, 0.15) is 40.0 Å². The molecule has 0 aromatic heterocycles. The molecule has 9 heavy (non-hydrogen) atoms. The molecule has 0 saturated heterocycles. The summed E-state index contributed by atoms with van der Waals surface area (Å²) in [5.41, 5.74) is 0. The lowest BCUT2D eigenvalue weighted by atomic mass is 10.1.